The number of hydrogen-bond acceptors (Lipinski definition) is 3. The number of nitrogens with zero attached hydrogens (tertiary/aromatic N) is 2. The van der Waals surface area contributed by atoms with Gasteiger partial charge in [-0.25, -0.2) is 0 Å². The number of carbonyl (C=O) groups excluding carboxylic acids is 1. The maximum atomic E-state index is 12.6. The van der Waals surface area contributed by atoms with Crippen LogP contribution in [0.15, 0.2) is 54.6 Å². The summed E-state index contributed by atoms with van der Waals surface area (Å²) in [5.74, 6) is 0.210. The van der Waals surface area contributed by atoms with Crippen molar-refractivity contribution in [2.75, 3.05) is 26.2 Å². The predicted molar refractivity (Wildman–Crippen MR) is 98.5 cm³/mol. The quantitative estimate of drug-likeness (QED) is 0.773. The van der Waals surface area contributed by atoms with Crippen LogP contribution in [-0.2, 0) is 6.54 Å². The molecular formula is C20H23ClN2O. The first-order valence-electron chi connectivity index (χ1n) is 8.43. The number of benzene rings is 2. The summed E-state index contributed by atoms with van der Waals surface area (Å²) in [7, 11) is 0. The Morgan fingerprint density at radius 3 is 2.25 bits per heavy atom. The summed E-state index contributed by atoms with van der Waals surface area (Å²) in [4.78, 5) is 17.3. The van der Waals surface area contributed by atoms with E-state index >= 15 is 0 Å². The normalized spacial score (nSPS) is 17.6. The number of piperazine rings is 1. The van der Waals surface area contributed by atoms with Gasteiger partial charge in [-0.3, -0.25) is 14.6 Å². The topological polar surface area (TPSA) is 23.6 Å². The molecule has 1 unspecified atom stereocenters. The fourth-order valence-electron chi connectivity index (χ4n) is 3.17. The average molecular weight is 343 g/mol. The van der Waals surface area contributed by atoms with E-state index < -0.39 is 0 Å². The highest BCUT2D eigenvalue weighted by molar-refractivity contribution is 6.30. The lowest BCUT2D eigenvalue weighted by Crippen LogP contribution is -2.51. The van der Waals surface area contributed by atoms with Crippen molar-refractivity contribution in [1.29, 1.82) is 0 Å². The molecule has 0 saturated carbocycles. The molecule has 1 atom stereocenters. The second-order valence-electron chi connectivity index (χ2n) is 6.34. The molecule has 24 heavy (non-hydrogen) atoms. The van der Waals surface area contributed by atoms with Gasteiger partial charge in [0, 0.05) is 43.3 Å². The molecule has 0 bridgehead atoms. The maximum absolute atomic E-state index is 12.6. The molecule has 0 aliphatic carbocycles. The molecule has 2 aromatic carbocycles. The van der Waals surface area contributed by atoms with Crippen molar-refractivity contribution in [3.8, 4) is 0 Å². The van der Waals surface area contributed by atoms with E-state index in [1.807, 2.05) is 49.4 Å². The van der Waals surface area contributed by atoms with Crippen molar-refractivity contribution in [2.24, 2.45) is 0 Å². The number of Topliss-reactive ketones (excluding diaryl/α,β-unsaturated/α-hetero) is 1. The van der Waals surface area contributed by atoms with Crippen LogP contribution in [0.25, 0.3) is 0 Å². The summed E-state index contributed by atoms with van der Waals surface area (Å²) in [5, 5.41) is 0.775. The summed E-state index contributed by atoms with van der Waals surface area (Å²) in [5.41, 5.74) is 2.08. The third-order valence-electron chi connectivity index (χ3n) is 4.71. The Morgan fingerprint density at radius 2 is 1.62 bits per heavy atom. The number of ketones is 1. The molecule has 0 radical (unpaired) electrons. The molecule has 0 N–H and O–H groups in total. The molecule has 3 nitrogen and oxygen atoms in total. The van der Waals surface area contributed by atoms with Gasteiger partial charge in [-0.2, -0.15) is 0 Å². The van der Waals surface area contributed by atoms with E-state index in [0.29, 0.717) is 0 Å². The van der Waals surface area contributed by atoms with E-state index in [4.69, 9.17) is 11.6 Å². The average Bonchev–Trinajstić information content (AvgIpc) is 2.64. The van der Waals surface area contributed by atoms with Crippen LogP contribution in [0.4, 0.5) is 0 Å². The molecule has 1 fully saturated rings. The van der Waals surface area contributed by atoms with Gasteiger partial charge >= 0.3 is 0 Å². The van der Waals surface area contributed by atoms with E-state index in [1.54, 1.807) is 0 Å². The Balaban J connectivity index is 1.53. The van der Waals surface area contributed by atoms with Gasteiger partial charge in [-0.15, -0.1) is 0 Å². The number of hydrogen-bond donors (Lipinski definition) is 0. The summed E-state index contributed by atoms with van der Waals surface area (Å²) >= 11 is 5.94. The first-order chi connectivity index (χ1) is 11.6. The molecule has 0 spiro atoms. The Bertz CT molecular complexity index is 664. The van der Waals surface area contributed by atoms with Crippen molar-refractivity contribution in [1.82, 2.24) is 9.80 Å². The van der Waals surface area contributed by atoms with Crippen LogP contribution in [-0.4, -0.2) is 47.8 Å². The molecule has 4 heteroatoms. The first kappa shape index (κ1) is 17.2. The zero-order chi connectivity index (χ0) is 16.9. The highest BCUT2D eigenvalue weighted by Gasteiger charge is 2.26. The molecule has 1 aliphatic rings. The van der Waals surface area contributed by atoms with E-state index in [9.17, 15) is 4.79 Å². The van der Waals surface area contributed by atoms with Crippen LogP contribution < -0.4 is 0 Å². The summed E-state index contributed by atoms with van der Waals surface area (Å²) in [6.45, 7) is 6.76. The molecule has 126 valence electrons. The first-order valence-corrected chi connectivity index (χ1v) is 8.81. The molecule has 2 aromatic rings. The van der Waals surface area contributed by atoms with Crippen LogP contribution in [0.2, 0.25) is 5.02 Å². The molecule has 0 aromatic heterocycles. The number of halogens is 1. The Morgan fingerprint density at radius 1 is 1.00 bits per heavy atom. The maximum Gasteiger partial charge on any atom is 0.179 e. The van der Waals surface area contributed by atoms with Crippen LogP contribution >= 0.6 is 11.6 Å². The Hall–Kier alpha value is -1.68. The minimum atomic E-state index is -0.0647. The lowest BCUT2D eigenvalue weighted by atomic mass is 10.0. The predicted octanol–water partition coefficient (Wildman–Crippen LogP) is 3.73. The molecule has 1 heterocycles. The van der Waals surface area contributed by atoms with Crippen LogP contribution in [0.1, 0.15) is 22.8 Å². The summed E-state index contributed by atoms with van der Waals surface area (Å²) in [6.07, 6.45) is 0. The van der Waals surface area contributed by atoms with Gasteiger partial charge < -0.3 is 0 Å². The lowest BCUT2D eigenvalue weighted by molar-refractivity contribution is 0.0687. The van der Waals surface area contributed by atoms with E-state index in [0.717, 1.165) is 43.3 Å². The van der Waals surface area contributed by atoms with Crippen LogP contribution in [0.5, 0.6) is 0 Å². The van der Waals surface area contributed by atoms with Crippen molar-refractivity contribution in [2.45, 2.75) is 19.5 Å². The van der Waals surface area contributed by atoms with Gasteiger partial charge in [0.1, 0.15) is 0 Å². The SMILES string of the molecule is CC(C(=O)c1ccccc1)N1CCN(Cc2ccc(Cl)cc2)CC1. The highest BCUT2D eigenvalue weighted by atomic mass is 35.5. The van der Waals surface area contributed by atoms with Gasteiger partial charge in [0.05, 0.1) is 6.04 Å². The smallest absolute Gasteiger partial charge is 0.179 e. The Kier molecular flexibility index (Phi) is 5.67. The lowest BCUT2D eigenvalue weighted by Gasteiger charge is -2.37. The van der Waals surface area contributed by atoms with Crippen molar-refractivity contribution in [3.05, 3.63) is 70.7 Å². The fraction of sp³-hybridized carbons (Fsp3) is 0.350. The van der Waals surface area contributed by atoms with Crippen LogP contribution in [0, 0.1) is 0 Å². The Labute approximate surface area is 148 Å². The largest absolute Gasteiger partial charge is 0.297 e. The second kappa shape index (κ2) is 7.93. The third-order valence-corrected chi connectivity index (χ3v) is 4.96. The second-order valence-corrected chi connectivity index (χ2v) is 6.78. The van der Waals surface area contributed by atoms with Gasteiger partial charge in [-0.05, 0) is 24.6 Å². The zero-order valence-corrected chi connectivity index (χ0v) is 14.7. The van der Waals surface area contributed by atoms with Gasteiger partial charge in [0.25, 0.3) is 0 Å². The van der Waals surface area contributed by atoms with Gasteiger partial charge in [-0.1, -0.05) is 54.1 Å². The van der Waals surface area contributed by atoms with Gasteiger partial charge in [0.2, 0.25) is 0 Å². The third kappa shape index (κ3) is 4.23. The fourth-order valence-corrected chi connectivity index (χ4v) is 3.29. The summed E-state index contributed by atoms with van der Waals surface area (Å²) in [6, 6.07) is 17.6. The molecule has 0 amide bonds. The number of carbonyl (C=O) groups is 1. The van der Waals surface area contributed by atoms with Gasteiger partial charge in [0.15, 0.2) is 5.78 Å². The number of rotatable bonds is 5. The standard InChI is InChI=1S/C20H23ClN2O/c1-16(20(24)18-5-3-2-4-6-18)23-13-11-22(12-14-23)15-17-7-9-19(21)10-8-17/h2-10,16H,11-15H2,1H3. The minimum absolute atomic E-state index is 0.0647. The monoisotopic (exact) mass is 342 g/mol. The molecule has 1 saturated heterocycles. The zero-order valence-electron chi connectivity index (χ0n) is 14.0. The molecular weight excluding hydrogens is 320 g/mol. The van der Waals surface area contributed by atoms with E-state index in [-0.39, 0.29) is 11.8 Å². The van der Waals surface area contributed by atoms with Crippen LogP contribution in [0.3, 0.4) is 0 Å². The van der Waals surface area contributed by atoms with Crippen molar-refractivity contribution >= 4 is 17.4 Å². The summed E-state index contributed by atoms with van der Waals surface area (Å²) < 4.78 is 0. The van der Waals surface area contributed by atoms with E-state index in [1.165, 1.54) is 5.56 Å². The van der Waals surface area contributed by atoms with E-state index in [2.05, 4.69) is 21.9 Å². The van der Waals surface area contributed by atoms with Crippen molar-refractivity contribution < 1.29 is 4.79 Å². The molecule has 3 rings (SSSR count). The van der Waals surface area contributed by atoms with Crippen molar-refractivity contribution in [3.63, 3.8) is 0 Å². The highest BCUT2D eigenvalue weighted by Crippen LogP contribution is 2.15. The molecule has 1 aliphatic heterocycles. The minimum Gasteiger partial charge on any atom is -0.297 e.